The van der Waals surface area contributed by atoms with Crippen LogP contribution in [0.2, 0.25) is 0 Å². The van der Waals surface area contributed by atoms with Gasteiger partial charge in [-0.05, 0) is 50.8 Å². The van der Waals surface area contributed by atoms with Gasteiger partial charge in [-0.2, -0.15) is 0 Å². The van der Waals surface area contributed by atoms with Gasteiger partial charge < -0.3 is 10.2 Å². The molecular formula is C26H37N3O4S. The first-order valence-electron chi connectivity index (χ1n) is 11.8. The largest absolute Gasteiger partial charge is 0.352 e. The number of anilines is 1. The van der Waals surface area contributed by atoms with E-state index in [1.165, 1.54) is 4.31 Å². The molecule has 0 heterocycles. The van der Waals surface area contributed by atoms with Crippen molar-refractivity contribution in [2.45, 2.75) is 58.5 Å². The minimum absolute atomic E-state index is 0.0233. The zero-order valence-corrected chi connectivity index (χ0v) is 21.4. The number of hydrogen-bond donors (Lipinski definition) is 1. The van der Waals surface area contributed by atoms with Crippen molar-refractivity contribution >= 4 is 27.5 Å². The molecule has 34 heavy (non-hydrogen) atoms. The molecule has 2 aromatic rings. The van der Waals surface area contributed by atoms with Crippen LogP contribution in [-0.4, -0.2) is 56.6 Å². The van der Waals surface area contributed by atoms with Gasteiger partial charge in [0.05, 0.1) is 11.9 Å². The Balaban J connectivity index is 2.09. The van der Waals surface area contributed by atoms with E-state index in [-0.39, 0.29) is 30.8 Å². The van der Waals surface area contributed by atoms with Gasteiger partial charge in [-0.1, -0.05) is 55.5 Å². The Morgan fingerprint density at radius 3 is 2.09 bits per heavy atom. The van der Waals surface area contributed by atoms with Crippen LogP contribution >= 0.6 is 0 Å². The second kappa shape index (κ2) is 13.1. The van der Waals surface area contributed by atoms with Gasteiger partial charge >= 0.3 is 0 Å². The smallest absolute Gasteiger partial charge is 0.242 e. The molecule has 0 aliphatic heterocycles. The topological polar surface area (TPSA) is 86.8 Å². The van der Waals surface area contributed by atoms with Crippen molar-refractivity contribution in [3.05, 3.63) is 66.2 Å². The zero-order valence-electron chi connectivity index (χ0n) is 20.6. The Labute approximate surface area is 204 Å². The lowest BCUT2D eigenvalue weighted by Crippen LogP contribution is -2.50. The van der Waals surface area contributed by atoms with Crippen molar-refractivity contribution in [2.75, 3.05) is 23.7 Å². The summed E-state index contributed by atoms with van der Waals surface area (Å²) in [6.07, 6.45) is 3.09. The third kappa shape index (κ3) is 8.48. The number of nitrogens with zero attached hydrogens (tertiary/aromatic N) is 2. The average molecular weight is 488 g/mol. The summed E-state index contributed by atoms with van der Waals surface area (Å²) in [5.74, 6) is -0.345. The number of nitrogens with one attached hydrogen (secondary N) is 1. The Morgan fingerprint density at radius 2 is 1.53 bits per heavy atom. The summed E-state index contributed by atoms with van der Waals surface area (Å²) >= 11 is 0. The molecule has 2 atom stereocenters. The highest BCUT2D eigenvalue weighted by molar-refractivity contribution is 7.92. The molecule has 0 radical (unpaired) electrons. The summed E-state index contributed by atoms with van der Waals surface area (Å²) in [4.78, 5) is 27.6. The molecule has 0 fully saturated rings. The molecule has 0 saturated heterocycles. The molecule has 0 aliphatic rings. The highest BCUT2D eigenvalue weighted by Crippen LogP contribution is 2.18. The number of para-hydroxylation sites is 1. The predicted molar refractivity (Wildman–Crippen MR) is 137 cm³/mol. The highest BCUT2D eigenvalue weighted by atomic mass is 32.2. The van der Waals surface area contributed by atoms with Gasteiger partial charge in [0.2, 0.25) is 21.8 Å². The SMILES string of the molecule is CC[C@@H](C)NC(=O)[C@@H](C)N(CCc1ccccc1)C(=O)CCCN(c1ccccc1)S(C)(=O)=O. The van der Waals surface area contributed by atoms with Crippen LogP contribution in [0.5, 0.6) is 0 Å². The van der Waals surface area contributed by atoms with Crippen molar-refractivity contribution in [2.24, 2.45) is 0 Å². The molecule has 1 N–H and O–H groups in total. The molecule has 8 heteroatoms. The van der Waals surface area contributed by atoms with E-state index in [9.17, 15) is 18.0 Å². The fraction of sp³-hybridized carbons (Fsp3) is 0.462. The summed E-state index contributed by atoms with van der Waals surface area (Å²) in [5.41, 5.74) is 1.65. The fourth-order valence-electron chi connectivity index (χ4n) is 3.63. The zero-order chi connectivity index (χ0) is 25.1. The molecule has 0 saturated carbocycles. The van der Waals surface area contributed by atoms with Gasteiger partial charge in [0.1, 0.15) is 6.04 Å². The molecule has 0 spiro atoms. The van der Waals surface area contributed by atoms with E-state index in [4.69, 9.17) is 0 Å². The van der Waals surface area contributed by atoms with Crippen molar-refractivity contribution < 1.29 is 18.0 Å². The van der Waals surface area contributed by atoms with E-state index in [0.717, 1.165) is 18.2 Å². The Bertz CT molecular complexity index is 1010. The average Bonchev–Trinajstić information content (AvgIpc) is 2.82. The number of sulfonamides is 1. The number of hydrogen-bond acceptors (Lipinski definition) is 4. The number of benzene rings is 2. The van der Waals surface area contributed by atoms with Gasteiger partial charge in [-0.25, -0.2) is 8.42 Å². The second-order valence-electron chi connectivity index (χ2n) is 8.59. The molecule has 0 unspecified atom stereocenters. The number of carbonyl (C=O) groups is 2. The maximum absolute atomic E-state index is 13.2. The van der Waals surface area contributed by atoms with Gasteiger partial charge in [0.15, 0.2) is 0 Å². The van der Waals surface area contributed by atoms with Crippen LogP contribution < -0.4 is 9.62 Å². The first kappa shape index (κ1) is 27.4. The minimum atomic E-state index is -3.48. The van der Waals surface area contributed by atoms with Crippen LogP contribution in [0.15, 0.2) is 60.7 Å². The van der Waals surface area contributed by atoms with Crippen molar-refractivity contribution in [1.29, 1.82) is 0 Å². The monoisotopic (exact) mass is 487 g/mol. The molecule has 186 valence electrons. The summed E-state index contributed by atoms with van der Waals surface area (Å²) in [6.45, 7) is 6.27. The van der Waals surface area contributed by atoms with Crippen LogP contribution in [0.25, 0.3) is 0 Å². The lowest BCUT2D eigenvalue weighted by Gasteiger charge is -2.30. The molecule has 0 bridgehead atoms. The quantitative estimate of drug-likeness (QED) is 0.468. The van der Waals surface area contributed by atoms with Crippen molar-refractivity contribution in [3.8, 4) is 0 Å². The third-order valence-corrected chi connectivity index (χ3v) is 7.04. The van der Waals surface area contributed by atoms with E-state index in [1.807, 2.05) is 50.2 Å². The molecule has 2 amide bonds. The van der Waals surface area contributed by atoms with E-state index in [1.54, 1.807) is 36.1 Å². The van der Waals surface area contributed by atoms with Crippen LogP contribution in [0.1, 0.15) is 45.6 Å². The molecule has 0 aliphatic carbocycles. The second-order valence-corrected chi connectivity index (χ2v) is 10.5. The minimum Gasteiger partial charge on any atom is -0.352 e. The lowest BCUT2D eigenvalue weighted by molar-refractivity contribution is -0.140. The van der Waals surface area contributed by atoms with Gasteiger partial charge in [-0.3, -0.25) is 13.9 Å². The van der Waals surface area contributed by atoms with Crippen LogP contribution in [0, 0.1) is 0 Å². The normalized spacial score (nSPS) is 13.1. The Hall–Kier alpha value is -2.87. The predicted octanol–water partition coefficient (Wildman–Crippen LogP) is 3.61. The molecule has 7 nitrogen and oxygen atoms in total. The Morgan fingerprint density at radius 1 is 0.941 bits per heavy atom. The Kier molecular flexibility index (Phi) is 10.6. The first-order valence-corrected chi connectivity index (χ1v) is 13.6. The maximum Gasteiger partial charge on any atom is 0.242 e. The molecule has 2 rings (SSSR count). The van der Waals surface area contributed by atoms with Crippen molar-refractivity contribution in [3.63, 3.8) is 0 Å². The summed E-state index contributed by atoms with van der Waals surface area (Å²) in [5, 5.41) is 2.96. The van der Waals surface area contributed by atoms with E-state index in [0.29, 0.717) is 25.1 Å². The number of amides is 2. The van der Waals surface area contributed by atoms with Crippen LogP contribution in [0.4, 0.5) is 5.69 Å². The number of rotatable bonds is 13. The lowest BCUT2D eigenvalue weighted by atomic mass is 10.1. The first-order chi connectivity index (χ1) is 16.1. The number of carbonyl (C=O) groups excluding carboxylic acids is 2. The van der Waals surface area contributed by atoms with Crippen LogP contribution in [0.3, 0.4) is 0 Å². The van der Waals surface area contributed by atoms with Gasteiger partial charge in [0, 0.05) is 25.6 Å². The van der Waals surface area contributed by atoms with E-state index in [2.05, 4.69) is 5.32 Å². The third-order valence-electron chi connectivity index (χ3n) is 5.85. The standard InChI is InChI=1S/C26H37N3O4S/c1-5-21(2)27-26(31)22(3)28(20-18-23-13-8-6-9-14-23)25(30)17-12-19-29(34(4,32)33)24-15-10-7-11-16-24/h6-11,13-16,21-22H,5,12,17-20H2,1-4H3,(H,27,31)/t21-,22-/m1/s1. The summed E-state index contributed by atoms with van der Waals surface area (Å²) < 4.78 is 25.9. The van der Waals surface area contributed by atoms with Gasteiger partial charge in [0.25, 0.3) is 0 Å². The van der Waals surface area contributed by atoms with Crippen molar-refractivity contribution in [1.82, 2.24) is 10.2 Å². The fourth-order valence-corrected chi connectivity index (χ4v) is 4.60. The summed E-state index contributed by atoms with van der Waals surface area (Å²) in [6, 6.07) is 18.1. The highest BCUT2D eigenvalue weighted by Gasteiger charge is 2.26. The van der Waals surface area contributed by atoms with E-state index < -0.39 is 16.1 Å². The maximum atomic E-state index is 13.2. The molecule has 2 aromatic carbocycles. The van der Waals surface area contributed by atoms with Crippen LogP contribution in [-0.2, 0) is 26.0 Å². The van der Waals surface area contributed by atoms with Gasteiger partial charge in [-0.15, -0.1) is 0 Å². The van der Waals surface area contributed by atoms with E-state index >= 15 is 0 Å². The molecule has 0 aromatic heterocycles. The molecular weight excluding hydrogens is 450 g/mol. The summed E-state index contributed by atoms with van der Waals surface area (Å²) in [7, 11) is -3.48.